The van der Waals surface area contributed by atoms with Gasteiger partial charge in [-0.3, -0.25) is 0 Å². The number of aromatic nitrogens is 1. The number of hydrogen-bond donors (Lipinski definition) is 2. The molecule has 0 atom stereocenters. The zero-order valence-electron chi connectivity index (χ0n) is 10.0. The summed E-state index contributed by atoms with van der Waals surface area (Å²) < 4.78 is 46.8. The molecule has 0 aliphatic rings. The number of sulfone groups is 1. The molecule has 102 valence electrons. The van der Waals surface area contributed by atoms with Gasteiger partial charge >= 0.3 is 0 Å². The van der Waals surface area contributed by atoms with E-state index < -0.39 is 19.9 Å². The van der Waals surface area contributed by atoms with Gasteiger partial charge in [0, 0.05) is 25.5 Å². The second-order valence-electron chi connectivity index (χ2n) is 3.72. The van der Waals surface area contributed by atoms with Crippen LogP contribution in [0.1, 0.15) is 0 Å². The lowest BCUT2D eigenvalue weighted by molar-refractivity contribution is 0.588. The molecule has 0 aliphatic carbocycles. The number of pyridine rings is 1. The van der Waals surface area contributed by atoms with Crippen molar-refractivity contribution < 1.29 is 16.8 Å². The van der Waals surface area contributed by atoms with Gasteiger partial charge in [-0.2, -0.15) is 0 Å². The smallest absolute Gasteiger partial charge is 0.208 e. The Morgan fingerprint density at radius 2 is 1.83 bits per heavy atom. The van der Waals surface area contributed by atoms with E-state index in [9.17, 15) is 16.8 Å². The average molecular weight is 293 g/mol. The van der Waals surface area contributed by atoms with Gasteiger partial charge in [-0.1, -0.05) is 0 Å². The quantitative estimate of drug-likeness (QED) is 0.682. The highest BCUT2D eigenvalue weighted by Gasteiger charge is 2.13. The summed E-state index contributed by atoms with van der Waals surface area (Å²) in [5.74, 6) is 0.218. The Balaban J connectivity index is 2.69. The highest BCUT2D eigenvalue weighted by Crippen LogP contribution is 2.16. The van der Waals surface area contributed by atoms with Crippen molar-refractivity contribution in [3.8, 4) is 0 Å². The normalized spacial score (nSPS) is 12.3. The van der Waals surface area contributed by atoms with Crippen LogP contribution >= 0.6 is 0 Å². The maximum absolute atomic E-state index is 11.5. The van der Waals surface area contributed by atoms with Gasteiger partial charge in [-0.15, -0.1) is 0 Å². The molecule has 1 aromatic rings. The number of anilines is 1. The van der Waals surface area contributed by atoms with Crippen molar-refractivity contribution in [2.24, 2.45) is 0 Å². The standard InChI is InChI=1S/C9H15N3O4S2/c1-17(13,14)8-4-3-5-10-9(8)11-6-7-12-18(2,15)16/h3-5,12H,6-7H2,1-2H3,(H,10,11). The van der Waals surface area contributed by atoms with E-state index in [0.717, 1.165) is 12.5 Å². The van der Waals surface area contributed by atoms with E-state index in [2.05, 4.69) is 15.0 Å². The zero-order valence-corrected chi connectivity index (χ0v) is 11.7. The van der Waals surface area contributed by atoms with Gasteiger partial charge in [0.25, 0.3) is 0 Å². The minimum Gasteiger partial charge on any atom is -0.368 e. The Morgan fingerprint density at radius 1 is 1.17 bits per heavy atom. The third-order valence-corrected chi connectivity index (χ3v) is 3.81. The van der Waals surface area contributed by atoms with Gasteiger partial charge in [-0.25, -0.2) is 26.5 Å². The number of rotatable bonds is 6. The largest absolute Gasteiger partial charge is 0.368 e. The molecule has 0 bridgehead atoms. The third kappa shape index (κ3) is 4.98. The van der Waals surface area contributed by atoms with E-state index in [1.165, 1.54) is 18.3 Å². The first-order chi connectivity index (χ1) is 8.20. The Labute approximate surface area is 107 Å². The Hall–Kier alpha value is -1.19. The number of nitrogens with one attached hydrogen (secondary N) is 2. The van der Waals surface area contributed by atoms with Crippen LogP contribution in [0.25, 0.3) is 0 Å². The fourth-order valence-electron chi connectivity index (χ4n) is 1.24. The molecular weight excluding hydrogens is 278 g/mol. The fraction of sp³-hybridized carbons (Fsp3) is 0.444. The summed E-state index contributed by atoms with van der Waals surface area (Å²) in [6.07, 6.45) is 3.60. The molecule has 0 unspecified atom stereocenters. The van der Waals surface area contributed by atoms with Crippen molar-refractivity contribution in [1.29, 1.82) is 0 Å². The van der Waals surface area contributed by atoms with Crippen LogP contribution < -0.4 is 10.0 Å². The van der Waals surface area contributed by atoms with Crippen LogP contribution in [0.4, 0.5) is 5.82 Å². The fourth-order valence-corrected chi connectivity index (χ4v) is 2.51. The monoisotopic (exact) mass is 293 g/mol. The Bertz CT molecular complexity index is 610. The average Bonchev–Trinajstić information content (AvgIpc) is 2.22. The maximum Gasteiger partial charge on any atom is 0.208 e. The summed E-state index contributed by atoms with van der Waals surface area (Å²) in [5.41, 5.74) is 0. The lowest BCUT2D eigenvalue weighted by atomic mass is 10.4. The van der Waals surface area contributed by atoms with Gasteiger partial charge in [-0.05, 0) is 12.1 Å². The SMILES string of the molecule is CS(=O)(=O)NCCNc1ncccc1S(C)(=O)=O. The van der Waals surface area contributed by atoms with Gasteiger partial charge in [0.1, 0.15) is 10.7 Å². The molecule has 0 spiro atoms. The van der Waals surface area contributed by atoms with Crippen LogP contribution in [-0.2, 0) is 19.9 Å². The summed E-state index contributed by atoms with van der Waals surface area (Å²) in [7, 11) is -6.61. The molecule has 0 aromatic carbocycles. The molecular formula is C9H15N3O4S2. The van der Waals surface area contributed by atoms with Crippen LogP contribution in [0.5, 0.6) is 0 Å². The second-order valence-corrected chi connectivity index (χ2v) is 7.53. The molecule has 18 heavy (non-hydrogen) atoms. The van der Waals surface area contributed by atoms with Gasteiger partial charge < -0.3 is 5.32 Å². The third-order valence-electron chi connectivity index (χ3n) is 1.95. The molecule has 0 amide bonds. The summed E-state index contributed by atoms with van der Waals surface area (Å²) in [6.45, 7) is 0.394. The summed E-state index contributed by atoms with van der Waals surface area (Å²) in [4.78, 5) is 4.00. The molecule has 0 radical (unpaired) electrons. The molecule has 0 aliphatic heterocycles. The molecule has 1 aromatic heterocycles. The molecule has 0 fully saturated rings. The van der Waals surface area contributed by atoms with E-state index in [1.807, 2.05) is 0 Å². The van der Waals surface area contributed by atoms with E-state index in [1.54, 1.807) is 0 Å². The predicted molar refractivity (Wildman–Crippen MR) is 68.7 cm³/mol. The van der Waals surface area contributed by atoms with Crippen LogP contribution in [0.3, 0.4) is 0 Å². The zero-order chi connectivity index (χ0) is 13.8. The highest BCUT2D eigenvalue weighted by molar-refractivity contribution is 7.90. The number of hydrogen-bond acceptors (Lipinski definition) is 6. The van der Waals surface area contributed by atoms with Crippen molar-refractivity contribution in [2.75, 3.05) is 30.9 Å². The summed E-state index contributed by atoms with van der Waals surface area (Å²) in [6, 6.07) is 2.96. The van der Waals surface area contributed by atoms with Gasteiger partial charge in [0.05, 0.1) is 6.26 Å². The maximum atomic E-state index is 11.5. The molecule has 7 nitrogen and oxygen atoms in total. The van der Waals surface area contributed by atoms with Crippen LogP contribution in [0.2, 0.25) is 0 Å². The van der Waals surface area contributed by atoms with Crippen LogP contribution in [0.15, 0.2) is 23.2 Å². The molecule has 1 heterocycles. The Kier molecular flexibility index (Phi) is 4.65. The predicted octanol–water partition coefficient (Wildman–Crippen LogP) is -0.554. The number of sulfonamides is 1. The van der Waals surface area contributed by atoms with E-state index in [4.69, 9.17) is 0 Å². The molecule has 1 rings (SSSR count). The minimum atomic E-state index is -3.36. The summed E-state index contributed by atoms with van der Waals surface area (Å²) in [5, 5.41) is 2.78. The van der Waals surface area contributed by atoms with Crippen LogP contribution in [0, 0.1) is 0 Å². The first-order valence-electron chi connectivity index (χ1n) is 5.04. The molecule has 2 N–H and O–H groups in total. The van der Waals surface area contributed by atoms with Crippen molar-refractivity contribution in [3.05, 3.63) is 18.3 Å². The van der Waals surface area contributed by atoms with Crippen LogP contribution in [-0.4, -0.2) is 47.4 Å². The second kappa shape index (κ2) is 5.63. The molecule has 9 heteroatoms. The minimum absolute atomic E-state index is 0.0874. The van der Waals surface area contributed by atoms with E-state index in [-0.39, 0.29) is 23.8 Å². The van der Waals surface area contributed by atoms with Crippen molar-refractivity contribution >= 4 is 25.7 Å². The van der Waals surface area contributed by atoms with Crippen molar-refractivity contribution in [1.82, 2.24) is 9.71 Å². The van der Waals surface area contributed by atoms with E-state index in [0.29, 0.717) is 0 Å². The van der Waals surface area contributed by atoms with Gasteiger partial charge in [0.2, 0.25) is 10.0 Å². The molecule has 0 saturated carbocycles. The first-order valence-corrected chi connectivity index (χ1v) is 8.82. The lowest BCUT2D eigenvalue weighted by Gasteiger charge is -2.09. The van der Waals surface area contributed by atoms with E-state index >= 15 is 0 Å². The highest BCUT2D eigenvalue weighted by atomic mass is 32.2. The number of nitrogens with zero attached hydrogens (tertiary/aromatic N) is 1. The molecule has 0 saturated heterocycles. The lowest BCUT2D eigenvalue weighted by Crippen LogP contribution is -2.28. The van der Waals surface area contributed by atoms with Gasteiger partial charge in [0.15, 0.2) is 9.84 Å². The Morgan fingerprint density at radius 3 is 2.39 bits per heavy atom. The van der Waals surface area contributed by atoms with Crippen molar-refractivity contribution in [2.45, 2.75) is 4.90 Å². The topological polar surface area (TPSA) is 105 Å². The first kappa shape index (κ1) is 14.9. The summed E-state index contributed by atoms with van der Waals surface area (Å²) >= 11 is 0. The van der Waals surface area contributed by atoms with Crippen molar-refractivity contribution in [3.63, 3.8) is 0 Å².